The minimum absolute atomic E-state index is 0.102. The number of nitrogens with zero attached hydrogens (tertiary/aromatic N) is 4. The van der Waals surface area contributed by atoms with Crippen LogP contribution in [0, 0.1) is 0 Å². The first-order chi connectivity index (χ1) is 7.65. The summed E-state index contributed by atoms with van der Waals surface area (Å²) >= 11 is 0. The molecule has 6 nitrogen and oxygen atoms in total. The van der Waals surface area contributed by atoms with E-state index < -0.39 is 0 Å². The maximum Gasteiger partial charge on any atom is 0.164 e. The third-order valence-electron chi connectivity index (χ3n) is 2.48. The van der Waals surface area contributed by atoms with Crippen molar-refractivity contribution >= 4 is 11.2 Å². The molecule has 0 amide bonds. The van der Waals surface area contributed by atoms with Gasteiger partial charge in [0, 0.05) is 6.54 Å². The van der Waals surface area contributed by atoms with Crippen LogP contribution in [0.25, 0.3) is 11.2 Å². The van der Waals surface area contributed by atoms with Gasteiger partial charge in [-0.1, -0.05) is 0 Å². The molecule has 2 heterocycles. The van der Waals surface area contributed by atoms with Gasteiger partial charge in [-0.25, -0.2) is 15.0 Å². The van der Waals surface area contributed by atoms with Gasteiger partial charge in [-0.2, -0.15) is 0 Å². The number of aromatic nitrogens is 4. The molecule has 16 heavy (non-hydrogen) atoms. The van der Waals surface area contributed by atoms with Crippen LogP contribution in [-0.4, -0.2) is 37.8 Å². The lowest BCUT2D eigenvalue weighted by Crippen LogP contribution is -2.43. The predicted molar refractivity (Wildman–Crippen MR) is 59.7 cm³/mol. The number of rotatable bonds is 4. The van der Waals surface area contributed by atoms with Crippen molar-refractivity contribution in [2.24, 2.45) is 0 Å². The monoisotopic (exact) mass is 221 g/mol. The van der Waals surface area contributed by atoms with E-state index in [9.17, 15) is 0 Å². The van der Waals surface area contributed by atoms with Gasteiger partial charge in [0.05, 0.1) is 24.8 Å². The molecule has 0 saturated carbocycles. The number of nitrogens with one attached hydrogen (secondary N) is 1. The van der Waals surface area contributed by atoms with E-state index >= 15 is 0 Å². The van der Waals surface area contributed by atoms with E-state index in [1.54, 1.807) is 12.5 Å². The zero-order valence-electron chi connectivity index (χ0n) is 9.38. The first-order valence-electron chi connectivity index (χ1n) is 5.14. The molecule has 6 heteroatoms. The quantitative estimate of drug-likeness (QED) is 0.766. The number of aliphatic hydroxyl groups excluding tert-OH is 1. The van der Waals surface area contributed by atoms with Gasteiger partial charge in [0.15, 0.2) is 5.65 Å². The van der Waals surface area contributed by atoms with Crippen molar-refractivity contribution in [3.05, 3.63) is 18.9 Å². The van der Waals surface area contributed by atoms with Crippen LogP contribution >= 0.6 is 0 Å². The smallest absolute Gasteiger partial charge is 0.164 e. The van der Waals surface area contributed by atoms with Gasteiger partial charge in [-0.05, 0) is 13.8 Å². The Morgan fingerprint density at radius 1 is 1.44 bits per heavy atom. The molecule has 0 aliphatic carbocycles. The molecule has 0 aliphatic heterocycles. The fourth-order valence-electron chi connectivity index (χ4n) is 1.62. The number of hydrogen-bond acceptors (Lipinski definition) is 5. The molecule has 0 atom stereocenters. The second-order valence-electron chi connectivity index (χ2n) is 4.06. The van der Waals surface area contributed by atoms with Crippen molar-refractivity contribution in [3.8, 4) is 0 Å². The molecule has 0 saturated heterocycles. The maximum absolute atomic E-state index is 8.83. The summed E-state index contributed by atoms with van der Waals surface area (Å²) in [7, 11) is 0. The molecule has 0 unspecified atom stereocenters. The first kappa shape index (κ1) is 11.0. The summed E-state index contributed by atoms with van der Waals surface area (Å²) in [6, 6.07) is 0. The SMILES string of the molecule is CC(C)(NCCO)n1cnc2cncnc21. The summed E-state index contributed by atoms with van der Waals surface area (Å²) in [4.78, 5) is 12.4. The van der Waals surface area contributed by atoms with Gasteiger partial charge >= 0.3 is 0 Å². The Hall–Kier alpha value is -1.53. The molecule has 0 bridgehead atoms. The van der Waals surface area contributed by atoms with Crippen LogP contribution < -0.4 is 5.32 Å². The van der Waals surface area contributed by atoms with Crippen molar-refractivity contribution < 1.29 is 5.11 Å². The van der Waals surface area contributed by atoms with E-state index in [-0.39, 0.29) is 12.3 Å². The topological polar surface area (TPSA) is 75.9 Å². The Morgan fingerprint density at radius 3 is 3.00 bits per heavy atom. The second kappa shape index (κ2) is 4.15. The molecular weight excluding hydrogens is 206 g/mol. The minimum Gasteiger partial charge on any atom is -0.395 e. The van der Waals surface area contributed by atoms with E-state index in [4.69, 9.17) is 5.11 Å². The van der Waals surface area contributed by atoms with Crippen LogP contribution in [0.3, 0.4) is 0 Å². The van der Waals surface area contributed by atoms with Gasteiger partial charge < -0.3 is 5.11 Å². The van der Waals surface area contributed by atoms with E-state index in [0.717, 1.165) is 11.2 Å². The van der Waals surface area contributed by atoms with Gasteiger partial charge in [-0.15, -0.1) is 0 Å². The Labute approximate surface area is 93.4 Å². The zero-order valence-corrected chi connectivity index (χ0v) is 9.38. The average Bonchev–Trinajstić information content (AvgIpc) is 2.71. The van der Waals surface area contributed by atoms with Gasteiger partial charge in [0.25, 0.3) is 0 Å². The van der Waals surface area contributed by atoms with Gasteiger partial charge in [0.2, 0.25) is 0 Å². The second-order valence-corrected chi connectivity index (χ2v) is 4.06. The fraction of sp³-hybridized carbons (Fsp3) is 0.500. The molecule has 2 aromatic rings. The molecule has 0 radical (unpaired) electrons. The average molecular weight is 221 g/mol. The zero-order chi connectivity index (χ0) is 11.6. The summed E-state index contributed by atoms with van der Waals surface area (Å²) in [5.74, 6) is 0. The third kappa shape index (κ3) is 1.89. The van der Waals surface area contributed by atoms with Crippen molar-refractivity contribution in [1.82, 2.24) is 24.8 Å². The van der Waals surface area contributed by atoms with Crippen molar-refractivity contribution in [1.29, 1.82) is 0 Å². The standard InChI is InChI=1S/C10H15N5O/c1-10(2,14-3-4-16)15-7-13-8-5-11-6-12-9(8)15/h5-7,14,16H,3-4H2,1-2H3. The normalized spacial score (nSPS) is 12.2. The Morgan fingerprint density at radius 2 is 2.25 bits per heavy atom. The largest absolute Gasteiger partial charge is 0.395 e. The Bertz CT molecular complexity index is 479. The van der Waals surface area contributed by atoms with Crippen LogP contribution in [0.5, 0.6) is 0 Å². The highest BCUT2D eigenvalue weighted by atomic mass is 16.3. The molecule has 0 spiro atoms. The molecule has 0 aromatic carbocycles. The summed E-state index contributed by atoms with van der Waals surface area (Å²) in [6.07, 6.45) is 4.91. The highest BCUT2D eigenvalue weighted by molar-refractivity contribution is 5.69. The van der Waals surface area contributed by atoms with Crippen molar-refractivity contribution in [2.45, 2.75) is 19.5 Å². The summed E-state index contributed by atoms with van der Waals surface area (Å²) < 4.78 is 1.93. The number of fused-ring (bicyclic) bond motifs is 1. The summed E-state index contributed by atoms with van der Waals surface area (Å²) in [5, 5.41) is 12.0. The van der Waals surface area contributed by atoms with Crippen LogP contribution in [0.15, 0.2) is 18.9 Å². The lowest BCUT2D eigenvalue weighted by Gasteiger charge is -2.27. The first-order valence-corrected chi connectivity index (χ1v) is 5.14. The maximum atomic E-state index is 8.83. The lowest BCUT2D eigenvalue weighted by molar-refractivity contribution is 0.227. The highest BCUT2D eigenvalue weighted by Gasteiger charge is 2.21. The Balaban J connectivity index is 2.38. The molecule has 2 N–H and O–H groups in total. The summed E-state index contributed by atoms with van der Waals surface area (Å²) in [5.41, 5.74) is 1.21. The van der Waals surface area contributed by atoms with Crippen LogP contribution in [-0.2, 0) is 5.66 Å². The van der Waals surface area contributed by atoms with E-state index in [2.05, 4.69) is 20.3 Å². The summed E-state index contributed by atoms with van der Waals surface area (Å²) in [6.45, 7) is 4.64. The van der Waals surface area contributed by atoms with Crippen LogP contribution in [0.4, 0.5) is 0 Å². The third-order valence-corrected chi connectivity index (χ3v) is 2.48. The molecule has 2 rings (SSSR count). The van der Waals surface area contributed by atoms with Gasteiger partial charge in [-0.3, -0.25) is 9.88 Å². The number of imidazole rings is 1. The highest BCUT2D eigenvalue weighted by Crippen LogP contribution is 2.17. The molecule has 86 valence electrons. The van der Waals surface area contributed by atoms with Crippen molar-refractivity contribution in [3.63, 3.8) is 0 Å². The fourth-order valence-corrected chi connectivity index (χ4v) is 1.62. The lowest BCUT2D eigenvalue weighted by atomic mass is 10.2. The van der Waals surface area contributed by atoms with Crippen LogP contribution in [0.2, 0.25) is 0 Å². The molecular formula is C10H15N5O. The Kier molecular flexibility index (Phi) is 2.84. The minimum atomic E-state index is -0.341. The van der Waals surface area contributed by atoms with Gasteiger partial charge in [0.1, 0.15) is 11.8 Å². The number of hydrogen-bond donors (Lipinski definition) is 2. The molecule has 0 aliphatic rings. The van der Waals surface area contributed by atoms with E-state index in [0.29, 0.717) is 6.54 Å². The molecule has 0 fully saturated rings. The van der Waals surface area contributed by atoms with E-state index in [1.807, 2.05) is 18.4 Å². The predicted octanol–water partition coefficient (Wildman–Crippen LogP) is 0.101. The molecule has 2 aromatic heterocycles. The van der Waals surface area contributed by atoms with Crippen LogP contribution in [0.1, 0.15) is 13.8 Å². The van der Waals surface area contributed by atoms with E-state index in [1.165, 1.54) is 6.33 Å². The van der Waals surface area contributed by atoms with Crippen molar-refractivity contribution in [2.75, 3.05) is 13.2 Å². The number of aliphatic hydroxyl groups is 1.